The van der Waals surface area contributed by atoms with Crippen molar-refractivity contribution in [3.63, 3.8) is 0 Å². The van der Waals surface area contributed by atoms with Crippen LogP contribution in [0.25, 0.3) is 10.8 Å². The van der Waals surface area contributed by atoms with E-state index >= 15 is 0 Å². The second kappa shape index (κ2) is 6.35. The highest BCUT2D eigenvalue weighted by atomic mass is 79.9. The number of carbonyl (C=O) groups excluding carboxylic acids is 1. The first-order chi connectivity index (χ1) is 8.70. The van der Waals surface area contributed by atoms with Gasteiger partial charge in [0, 0.05) is 5.75 Å². The summed E-state index contributed by atoms with van der Waals surface area (Å²) in [6, 6.07) is 3.83. The maximum absolute atomic E-state index is 11.2. The molecule has 1 atom stereocenters. The monoisotopic (exact) mass is 348 g/mol. The summed E-state index contributed by atoms with van der Waals surface area (Å²) in [4.78, 5) is 11.7. The molecule has 0 fully saturated rings. The van der Waals surface area contributed by atoms with Gasteiger partial charge < -0.3 is 9.15 Å². The predicted molar refractivity (Wildman–Crippen MR) is 73.1 cm³/mol. The van der Waals surface area contributed by atoms with Crippen molar-refractivity contribution in [1.82, 2.24) is 10.2 Å². The summed E-state index contributed by atoms with van der Waals surface area (Å²) in [5.41, 5.74) is 0. The summed E-state index contributed by atoms with van der Waals surface area (Å²) in [5.74, 6) is 0.649. The van der Waals surface area contributed by atoms with Crippen molar-refractivity contribution in [2.24, 2.45) is 0 Å². The molecule has 0 N–H and O–H groups in total. The Morgan fingerprint density at radius 2 is 2.50 bits per heavy atom. The van der Waals surface area contributed by atoms with Crippen molar-refractivity contribution in [2.75, 3.05) is 12.9 Å². The minimum atomic E-state index is -0.385. The molecular formula is C10H9BrN2O3S2. The third kappa shape index (κ3) is 3.33. The zero-order chi connectivity index (χ0) is 13.0. The Kier molecular flexibility index (Phi) is 4.79. The lowest BCUT2D eigenvalue weighted by Gasteiger charge is -2.03. The molecule has 96 valence electrons. The Hall–Kier alpha value is -0.860. The summed E-state index contributed by atoms with van der Waals surface area (Å²) in [5, 5.41) is 10.2. The molecule has 0 aliphatic carbocycles. The van der Waals surface area contributed by atoms with Gasteiger partial charge in [0.15, 0.2) is 0 Å². The Balaban J connectivity index is 1.93. The summed E-state index contributed by atoms with van der Waals surface area (Å²) >= 11 is 6.06. The van der Waals surface area contributed by atoms with Gasteiger partial charge in [0.2, 0.25) is 0 Å². The number of ether oxygens (including phenoxy) is 1. The standard InChI is InChI=1S/C10H9BrN2O3S2/c1-15-9(14)6(11)5-18-10-13-12-8(16-10)7-3-2-4-17-7/h2-4,6H,5H2,1H3. The molecule has 2 heterocycles. The number of esters is 1. The van der Waals surface area contributed by atoms with E-state index in [0.29, 0.717) is 16.9 Å². The highest BCUT2D eigenvalue weighted by Gasteiger charge is 2.17. The van der Waals surface area contributed by atoms with Crippen molar-refractivity contribution < 1.29 is 13.9 Å². The van der Waals surface area contributed by atoms with Crippen LogP contribution >= 0.6 is 39.0 Å². The SMILES string of the molecule is COC(=O)C(Br)CSc1nnc(-c2cccs2)o1. The summed E-state index contributed by atoms with van der Waals surface area (Å²) < 4.78 is 10.1. The quantitative estimate of drug-likeness (QED) is 0.470. The third-order valence-corrected chi connectivity index (χ3v) is 4.84. The maximum Gasteiger partial charge on any atom is 0.320 e. The van der Waals surface area contributed by atoms with Crippen LogP contribution in [-0.4, -0.2) is 33.9 Å². The second-order valence-corrected chi connectivity index (χ2v) is 6.18. The largest absolute Gasteiger partial charge is 0.468 e. The fourth-order valence-corrected chi connectivity index (χ4v) is 3.00. The average molecular weight is 349 g/mol. The minimum Gasteiger partial charge on any atom is -0.468 e. The van der Waals surface area contributed by atoms with E-state index in [4.69, 9.17) is 4.42 Å². The number of alkyl halides is 1. The number of carbonyl (C=O) groups is 1. The van der Waals surface area contributed by atoms with Crippen LogP contribution in [0.2, 0.25) is 0 Å². The van der Waals surface area contributed by atoms with Crippen LogP contribution in [-0.2, 0) is 9.53 Å². The fraction of sp³-hybridized carbons (Fsp3) is 0.300. The summed E-state index contributed by atoms with van der Waals surface area (Å²) in [7, 11) is 1.35. The number of halogens is 1. The molecule has 2 aromatic heterocycles. The number of methoxy groups -OCH3 is 1. The molecule has 18 heavy (non-hydrogen) atoms. The molecule has 0 aliphatic rings. The maximum atomic E-state index is 11.2. The Labute approximate surface area is 120 Å². The Bertz CT molecular complexity index is 515. The van der Waals surface area contributed by atoms with E-state index in [1.807, 2.05) is 17.5 Å². The number of aromatic nitrogens is 2. The molecule has 5 nitrogen and oxygen atoms in total. The molecule has 2 rings (SSSR count). The van der Waals surface area contributed by atoms with Gasteiger partial charge in [0.05, 0.1) is 12.0 Å². The van der Waals surface area contributed by atoms with Gasteiger partial charge in [-0.3, -0.25) is 4.79 Å². The fourth-order valence-electron chi connectivity index (χ4n) is 1.11. The van der Waals surface area contributed by atoms with Crippen LogP contribution in [0.5, 0.6) is 0 Å². The molecule has 0 spiro atoms. The van der Waals surface area contributed by atoms with Gasteiger partial charge >= 0.3 is 5.97 Å². The zero-order valence-electron chi connectivity index (χ0n) is 9.33. The van der Waals surface area contributed by atoms with E-state index in [1.54, 1.807) is 0 Å². The summed E-state index contributed by atoms with van der Waals surface area (Å²) in [6.07, 6.45) is 0. The van der Waals surface area contributed by atoms with Gasteiger partial charge in [-0.1, -0.05) is 33.8 Å². The van der Waals surface area contributed by atoms with Crippen LogP contribution in [0, 0.1) is 0 Å². The zero-order valence-corrected chi connectivity index (χ0v) is 12.5. The molecule has 0 saturated heterocycles. The normalized spacial score (nSPS) is 12.3. The van der Waals surface area contributed by atoms with Gasteiger partial charge in [-0.15, -0.1) is 21.5 Å². The highest BCUT2D eigenvalue weighted by molar-refractivity contribution is 9.10. The molecular weight excluding hydrogens is 340 g/mol. The third-order valence-electron chi connectivity index (χ3n) is 1.95. The van der Waals surface area contributed by atoms with Crippen molar-refractivity contribution >= 4 is 45.0 Å². The van der Waals surface area contributed by atoms with E-state index in [1.165, 1.54) is 30.2 Å². The average Bonchev–Trinajstić information content (AvgIpc) is 3.04. The lowest BCUT2D eigenvalue weighted by Crippen LogP contribution is -2.17. The molecule has 0 amide bonds. The van der Waals surface area contributed by atoms with Gasteiger partial charge in [-0.25, -0.2) is 0 Å². The number of rotatable bonds is 5. The van der Waals surface area contributed by atoms with Gasteiger partial charge in [0.1, 0.15) is 4.83 Å². The van der Waals surface area contributed by atoms with E-state index in [2.05, 4.69) is 30.9 Å². The van der Waals surface area contributed by atoms with E-state index < -0.39 is 0 Å². The smallest absolute Gasteiger partial charge is 0.320 e. The topological polar surface area (TPSA) is 65.2 Å². The number of hydrogen-bond acceptors (Lipinski definition) is 7. The van der Waals surface area contributed by atoms with Crippen molar-refractivity contribution in [3.05, 3.63) is 17.5 Å². The highest BCUT2D eigenvalue weighted by Crippen LogP contribution is 2.27. The van der Waals surface area contributed by atoms with Crippen LogP contribution < -0.4 is 0 Å². The van der Waals surface area contributed by atoms with Crippen molar-refractivity contribution in [2.45, 2.75) is 10.0 Å². The Morgan fingerprint density at radius 3 is 3.17 bits per heavy atom. The van der Waals surface area contributed by atoms with Gasteiger partial charge in [-0.05, 0) is 11.4 Å². The molecule has 1 unspecified atom stereocenters. The first-order valence-electron chi connectivity index (χ1n) is 4.93. The molecule has 0 aromatic carbocycles. The number of thioether (sulfide) groups is 1. The second-order valence-electron chi connectivity index (χ2n) is 3.15. The summed E-state index contributed by atoms with van der Waals surface area (Å²) in [6.45, 7) is 0. The lowest BCUT2D eigenvalue weighted by atomic mass is 10.5. The Morgan fingerprint density at radius 1 is 1.67 bits per heavy atom. The van der Waals surface area contributed by atoms with Crippen LogP contribution in [0.4, 0.5) is 0 Å². The van der Waals surface area contributed by atoms with Gasteiger partial charge in [-0.2, -0.15) is 0 Å². The minimum absolute atomic E-state index is 0.319. The van der Waals surface area contributed by atoms with E-state index in [0.717, 1.165) is 4.88 Å². The van der Waals surface area contributed by atoms with E-state index in [9.17, 15) is 4.79 Å². The molecule has 0 bridgehead atoms. The van der Waals surface area contributed by atoms with Crippen molar-refractivity contribution in [3.8, 4) is 10.8 Å². The lowest BCUT2D eigenvalue weighted by molar-refractivity contribution is -0.139. The van der Waals surface area contributed by atoms with Crippen molar-refractivity contribution in [1.29, 1.82) is 0 Å². The first-order valence-corrected chi connectivity index (χ1v) is 7.71. The number of nitrogens with zero attached hydrogens (tertiary/aromatic N) is 2. The molecule has 2 aromatic rings. The van der Waals surface area contributed by atoms with E-state index in [-0.39, 0.29) is 10.8 Å². The first kappa shape index (κ1) is 13.6. The predicted octanol–water partition coefficient (Wildman–Crippen LogP) is 2.83. The van der Waals surface area contributed by atoms with Crippen LogP contribution in [0.1, 0.15) is 0 Å². The molecule has 0 aliphatic heterocycles. The molecule has 0 saturated carbocycles. The van der Waals surface area contributed by atoms with Gasteiger partial charge in [0.25, 0.3) is 11.1 Å². The number of hydrogen-bond donors (Lipinski definition) is 0. The number of thiophene rings is 1. The molecule has 0 radical (unpaired) electrons. The van der Waals surface area contributed by atoms with Crippen LogP contribution in [0.15, 0.2) is 27.2 Å². The van der Waals surface area contributed by atoms with Crippen LogP contribution in [0.3, 0.4) is 0 Å². The molecule has 8 heteroatoms.